The van der Waals surface area contributed by atoms with E-state index in [2.05, 4.69) is 142 Å². The van der Waals surface area contributed by atoms with E-state index in [0.717, 1.165) is 84.8 Å². The van der Waals surface area contributed by atoms with Gasteiger partial charge in [0.05, 0.1) is 12.4 Å². The van der Waals surface area contributed by atoms with E-state index in [0.29, 0.717) is 11.9 Å². The molecule has 0 aliphatic rings. The fourth-order valence-corrected chi connectivity index (χ4v) is 4.54. The molecule has 0 aliphatic carbocycles. The molecule has 0 saturated heterocycles. The molecule has 0 bridgehead atoms. The summed E-state index contributed by atoms with van der Waals surface area (Å²) < 4.78 is 0. The van der Waals surface area contributed by atoms with Crippen LogP contribution in [0.25, 0.3) is 21.5 Å². The molecule has 0 spiro atoms. The Hall–Kier alpha value is -2.86. The average Bonchev–Trinajstić information content (AvgIpc) is 2.98. The lowest BCUT2D eigenvalue weighted by Crippen LogP contribution is -2.34. The van der Waals surface area contributed by atoms with Gasteiger partial charge in [-0.1, -0.05) is 48.5 Å². The van der Waals surface area contributed by atoms with E-state index in [4.69, 9.17) is 0 Å². The number of hydrazone groups is 2. The van der Waals surface area contributed by atoms with Crippen LogP contribution >= 0.6 is 49.6 Å². The van der Waals surface area contributed by atoms with Gasteiger partial charge in [-0.2, -0.15) is 10.2 Å². The normalized spacial score (nSPS) is 11.7. The maximum atomic E-state index is 4.66. The minimum Gasteiger partial charge on any atom is -0.355 e. The van der Waals surface area contributed by atoms with Crippen LogP contribution in [0.3, 0.4) is 0 Å². The highest BCUT2D eigenvalue weighted by Gasteiger charge is 2.11. The molecule has 3 rings (SSSR count). The van der Waals surface area contributed by atoms with Gasteiger partial charge in [-0.25, -0.2) is 10.9 Å². The fraction of sp³-hybridized carbons (Fsp3) is 0.438. The van der Waals surface area contributed by atoms with Crippen molar-refractivity contribution >= 4 is 95.5 Å². The zero-order valence-electron chi connectivity index (χ0n) is 27.7. The first-order valence-corrected chi connectivity index (χ1v) is 14.8. The number of guanidine groups is 2. The number of hydrogen-bond acceptors (Lipinski definition) is 6. The molecule has 14 heteroatoms. The first kappa shape index (κ1) is 45.3. The Labute approximate surface area is 299 Å². The third-order valence-electron chi connectivity index (χ3n) is 6.50. The fourth-order valence-electron chi connectivity index (χ4n) is 4.54. The Balaban J connectivity index is 0. The predicted molar refractivity (Wildman–Crippen MR) is 210 cm³/mol. The number of rotatable bonds is 14. The molecule has 10 nitrogen and oxygen atoms in total. The molecule has 0 fully saturated rings. The summed E-state index contributed by atoms with van der Waals surface area (Å²) in [5.74, 6) is 1.35. The largest absolute Gasteiger partial charge is 0.355 e. The van der Waals surface area contributed by atoms with Crippen LogP contribution in [0.2, 0.25) is 0 Å². The Kier molecular flexibility index (Phi) is 24.9. The van der Waals surface area contributed by atoms with Crippen molar-refractivity contribution in [2.45, 2.75) is 26.7 Å². The molecule has 0 saturated carbocycles. The molecule has 46 heavy (non-hydrogen) atoms. The van der Waals surface area contributed by atoms with Crippen molar-refractivity contribution < 1.29 is 0 Å². The number of benzene rings is 3. The Morgan fingerprint density at radius 2 is 0.913 bits per heavy atom. The van der Waals surface area contributed by atoms with Crippen molar-refractivity contribution in [1.82, 2.24) is 31.3 Å². The first-order valence-electron chi connectivity index (χ1n) is 14.8. The molecule has 0 unspecified atom stereocenters. The maximum absolute atomic E-state index is 4.66. The molecule has 0 atom stereocenters. The summed E-state index contributed by atoms with van der Waals surface area (Å²) in [7, 11) is 8.29. The molecule has 0 radical (unpaired) electrons. The Bertz CT molecular complexity index is 1230. The molecular weight excluding hydrogens is 666 g/mol. The van der Waals surface area contributed by atoms with Gasteiger partial charge in [-0.05, 0) is 89.5 Å². The quantitative estimate of drug-likeness (QED) is 0.0589. The van der Waals surface area contributed by atoms with Crippen LogP contribution in [-0.4, -0.2) is 102 Å². The molecule has 0 aliphatic heterocycles. The van der Waals surface area contributed by atoms with Gasteiger partial charge in [0.15, 0.2) is 0 Å². The average molecular weight is 719 g/mol. The van der Waals surface area contributed by atoms with Crippen LogP contribution in [0.5, 0.6) is 0 Å². The van der Waals surface area contributed by atoms with Gasteiger partial charge in [-0.3, -0.25) is 9.98 Å². The molecule has 4 N–H and O–H groups in total. The molecule has 0 amide bonds. The minimum atomic E-state index is 0. The van der Waals surface area contributed by atoms with Gasteiger partial charge in [-0.15, -0.1) is 49.6 Å². The summed E-state index contributed by atoms with van der Waals surface area (Å²) in [4.78, 5) is 13.6. The highest BCUT2D eigenvalue weighted by Crippen LogP contribution is 2.31. The first-order chi connectivity index (χ1) is 20.4. The number of nitrogens with zero attached hydrogens (tertiary/aromatic N) is 6. The van der Waals surface area contributed by atoms with Gasteiger partial charge in [0.1, 0.15) is 0 Å². The SMILES string of the molecule is CCNC(=NCCCN(C)C)NN=Cc1c2ccccc2c(C=NNC(=NCCCN(C)C)NCC)c2ccccc12.Cl.Cl.Cl.Cl. The molecule has 258 valence electrons. The second-order valence-corrected chi connectivity index (χ2v) is 10.5. The smallest absolute Gasteiger partial charge is 0.212 e. The van der Waals surface area contributed by atoms with E-state index in [1.165, 1.54) is 0 Å². The molecule has 0 aromatic heterocycles. The summed E-state index contributed by atoms with van der Waals surface area (Å²) >= 11 is 0. The number of fused-ring (bicyclic) bond motifs is 2. The minimum absolute atomic E-state index is 0. The number of halogens is 4. The van der Waals surface area contributed by atoms with Crippen molar-refractivity contribution in [2.24, 2.45) is 20.2 Å². The third kappa shape index (κ3) is 14.7. The zero-order valence-corrected chi connectivity index (χ0v) is 31.0. The van der Waals surface area contributed by atoms with Crippen LogP contribution < -0.4 is 21.5 Å². The Morgan fingerprint density at radius 1 is 0.587 bits per heavy atom. The lowest BCUT2D eigenvalue weighted by molar-refractivity contribution is 0.403. The van der Waals surface area contributed by atoms with E-state index >= 15 is 0 Å². The summed E-state index contributed by atoms with van der Waals surface area (Å²) in [6.07, 6.45) is 5.75. The highest BCUT2D eigenvalue weighted by atomic mass is 35.5. The predicted octanol–water partition coefficient (Wildman–Crippen LogP) is 5.36. The van der Waals surface area contributed by atoms with Gasteiger partial charge >= 0.3 is 0 Å². The second-order valence-electron chi connectivity index (χ2n) is 10.5. The van der Waals surface area contributed by atoms with Crippen molar-refractivity contribution in [3.8, 4) is 0 Å². The van der Waals surface area contributed by atoms with Crippen LogP contribution in [0, 0.1) is 0 Å². The second kappa shape index (κ2) is 25.3. The Morgan fingerprint density at radius 3 is 1.20 bits per heavy atom. The molecular formula is C32H52Cl4N10. The van der Waals surface area contributed by atoms with Crippen molar-refractivity contribution in [2.75, 3.05) is 67.5 Å². The van der Waals surface area contributed by atoms with Crippen LogP contribution in [0.1, 0.15) is 37.8 Å². The van der Waals surface area contributed by atoms with E-state index in [1.807, 2.05) is 12.4 Å². The molecule has 0 heterocycles. The third-order valence-corrected chi connectivity index (χ3v) is 6.50. The molecule has 3 aromatic carbocycles. The van der Waals surface area contributed by atoms with Crippen molar-refractivity contribution in [3.05, 3.63) is 59.7 Å². The van der Waals surface area contributed by atoms with Gasteiger partial charge < -0.3 is 20.4 Å². The van der Waals surface area contributed by atoms with Crippen LogP contribution in [0.4, 0.5) is 0 Å². The van der Waals surface area contributed by atoms with E-state index in [9.17, 15) is 0 Å². The summed E-state index contributed by atoms with van der Waals surface area (Å²) in [5.41, 5.74) is 8.32. The van der Waals surface area contributed by atoms with Gasteiger partial charge in [0, 0.05) is 37.3 Å². The number of aliphatic imine (C=N–C) groups is 2. The summed E-state index contributed by atoms with van der Waals surface area (Å²) in [6, 6.07) is 16.7. The van der Waals surface area contributed by atoms with Crippen LogP contribution in [0.15, 0.2) is 68.7 Å². The molecule has 3 aromatic rings. The summed E-state index contributed by atoms with van der Waals surface area (Å²) in [5, 5.41) is 20.1. The summed E-state index contributed by atoms with van der Waals surface area (Å²) in [6.45, 7) is 9.08. The van der Waals surface area contributed by atoms with E-state index < -0.39 is 0 Å². The monoisotopic (exact) mass is 716 g/mol. The maximum Gasteiger partial charge on any atom is 0.212 e. The van der Waals surface area contributed by atoms with E-state index in [-0.39, 0.29) is 49.6 Å². The zero-order chi connectivity index (χ0) is 30.2. The lowest BCUT2D eigenvalue weighted by Gasteiger charge is -2.13. The highest BCUT2D eigenvalue weighted by molar-refractivity contribution is 6.21. The number of nitrogens with one attached hydrogen (secondary N) is 4. The van der Waals surface area contributed by atoms with Crippen molar-refractivity contribution in [1.29, 1.82) is 0 Å². The standard InChI is InChI=1S/C32H48N10.4ClH/c1-7-33-31(35-19-13-21-41(3)4)39-37-23-29-25-15-9-11-17-27(25)30(28-18-12-10-16-26(28)29)24-38-40-32(34-8-2)36-20-14-22-42(5)6;;;;/h9-12,15-18,23-24H,7-8,13-14,19-22H2,1-6H3,(H2,33,35,39)(H2,34,36,40);4*1H. The van der Waals surface area contributed by atoms with Gasteiger partial charge in [0.2, 0.25) is 11.9 Å². The lowest BCUT2D eigenvalue weighted by atomic mass is 9.92. The van der Waals surface area contributed by atoms with E-state index in [1.54, 1.807) is 0 Å². The van der Waals surface area contributed by atoms with Gasteiger partial charge in [0.25, 0.3) is 0 Å². The topological polar surface area (TPSA) is 104 Å². The van der Waals surface area contributed by atoms with Crippen LogP contribution in [-0.2, 0) is 0 Å². The number of hydrogen-bond donors (Lipinski definition) is 4. The van der Waals surface area contributed by atoms with Crippen molar-refractivity contribution in [3.63, 3.8) is 0 Å².